The van der Waals surface area contributed by atoms with Crippen LogP contribution in [-0.4, -0.2) is 0 Å². The van der Waals surface area contributed by atoms with Crippen LogP contribution in [0.15, 0.2) is 18.2 Å². The summed E-state index contributed by atoms with van der Waals surface area (Å²) < 4.78 is 13.1. The van der Waals surface area contributed by atoms with E-state index in [0.29, 0.717) is 5.41 Å². The molecule has 1 rings (SSSR count). The van der Waals surface area contributed by atoms with Gasteiger partial charge in [0.2, 0.25) is 0 Å². The Bertz CT molecular complexity index is 331. The Hall–Kier alpha value is -0.560. The van der Waals surface area contributed by atoms with Gasteiger partial charge in [0.25, 0.3) is 0 Å². The zero-order chi connectivity index (χ0) is 11.5. The molecular weight excluding hydrogens is 211 g/mol. The Kier molecular flexibility index (Phi) is 4.15. The van der Waals surface area contributed by atoms with Gasteiger partial charge < -0.3 is 0 Å². The predicted molar refractivity (Wildman–Crippen MR) is 63.8 cm³/mol. The second-order valence-electron chi connectivity index (χ2n) is 4.77. The maximum Gasteiger partial charge on any atom is 0.142 e. The fourth-order valence-electron chi connectivity index (χ4n) is 1.35. The van der Waals surface area contributed by atoms with Gasteiger partial charge >= 0.3 is 0 Å². The van der Waals surface area contributed by atoms with Gasteiger partial charge in [0.05, 0.1) is 5.02 Å². The van der Waals surface area contributed by atoms with E-state index in [1.807, 2.05) is 6.07 Å². The highest BCUT2D eigenvalue weighted by Crippen LogP contribution is 2.27. The van der Waals surface area contributed by atoms with Crippen LogP contribution in [0.4, 0.5) is 4.39 Å². The summed E-state index contributed by atoms with van der Waals surface area (Å²) in [5.41, 5.74) is 1.36. The third kappa shape index (κ3) is 3.83. The largest absolute Gasteiger partial charge is 0.205 e. The van der Waals surface area contributed by atoms with Gasteiger partial charge in [-0.25, -0.2) is 4.39 Å². The smallest absolute Gasteiger partial charge is 0.142 e. The van der Waals surface area contributed by atoms with E-state index < -0.39 is 0 Å². The van der Waals surface area contributed by atoms with E-state index in [2.05, 4.69) is 20.8 Å². The molecule has 0 saturated heterocycles. The van der Waals surface area contributed by atoms with Gasteiger partial charge in [-0.15, -0.1) is 0 Å². The second kappa shape index (κ2) is 4.98. The second-order valence-corrected chi connectivity index (χ2v) is 5.17. The summed E-state index contributed by atoms with van der Waals surface area (Å²) in [6, 6.07) is 5.07. The van der Waals surface area contributed by atoms with Crippen molar-refractivity contribution in [2.75, 3.05) is 0 Å². The van der Waals surface area contributed by atoms with E-state index in [0.717, 1.165) is 24.8 Å². The molecule has 0 aliphatic heterocycles. The van der Waals surface area contributed by atoms with Gasteiger partial charge in [-0.2, -0.15) is 0 Å². The molecule has 0 bridgehead atoms. The van der Waals surface area contributed by atoms with Gasteiger partial charge in [-0.05, 0) is 36.0 Å². The van der Waals surface area contributed by atoms with Crippen molar-refractivity contribution >= 4 is 11.6 Å². The molecule has 15 heavy (non-hydrogen) atoms. The van der Waals surface area contributed by atoms with Crippen LogP contribution in [0.2, 0.25) is 5.02 Å². The highest BCUT2D eigenvalue weighted by molar-refractivity contribution is 6.30. The fraction of sp³-hybridized carbons (Fsp3) is 0.538. The van der Waals surface area contributed by atoms with Crippen molar-refractivity contribution in [2.24, 2.45) is 5.41 Å². The van der Waals surface area contributed by atoms with E-state index in [-0.39, 0.29) is 10.8 Å². The third-order valence-corrected chi connectivity index (χ3v) is 3.34. The lowest BCUT2D eigenvalue weighted by Gasteiger charge is -2.22. The molecule has 84 valence electrons. The Morgan fingerprint density at radius 1 is 1.33 bits per heavy atom. The normalized spacial score (nSPS) is 11.8. The molecular formula is C13H18ClF. The standard InChI is InChI=1S/C13H18ClF/c1-4-13(2,3)8-7-10-5-6-11(14)12(15)9-10/h5-6,9H,4,7-8H2,1-3H3. The first kappa shape index (κ1) is 12.5. The number of halogens is 2. The summed E-state index contributed by atoms with van der Waals surface area (Å²) in [4.78, 5) is 0. The average Bonchev–Trinajstić information content (AvgIpc) is 2.20. The molecule has 1 aromatic carbocycles. The Morgan fingerprint density at radius 3 is 2.53 bits per heavy atom. The number of hydrogen-bond acceptors (Lipinski definition) is 0. The molecule has 0 radical (unpaired) electrons. The van der Waals surface area contributed by atoms with Crippen LogP contribution in [0.3, 0.4) is 0 Å². The van der Waals surface area contributed by atoms with E-state index in [4.69, 9.17) is 11.6 Å². The molecule has 0 saturated carbocycles. The Balaban J connectivity index is 2.62. The predicted octanol–water partition coefficient (Wildman–Crippen LogP) is 4.85. The topological polar surface area (TPSA) is 0 Å². The molecule has 2 heteroatoms. The van der Waals surface area contributed by atoms with Crippen LogP contribution in [-0.2, 0) is 6.42 Å². The van der Waals surface area contributed by atoms with Crippen molar-refractivity contribution < 1.29 is 4.39 Å². The molecule has 0 aliphatic rings. The maximum absolute atomic E-state index is 13.1. The SMILES string of the molecule is CCC(C)(C)CCc1ccc(Cl)c(F)c1. The van der Waals surface area contributed by atoms with Gasteiger partial charge in [0.15, 0.2) is 0 Å². The molecule has 0 spiro atoms. The van der Waals surface area contributed by atoms with Crippen molar-refractivity contribution in [1.29, 1.82) is 0 Å². The lowest BCUT2D eigenvalue weighted by atomic mass is 9.84. The van der Waals surface area contributed by atoms with Crippen molar-refractivity contribution in [3.8, 4) is 0 Å². The summed E-state index contributed by atoms with van der Waals surface area (Å²) in [5.74, 6) is -0.316. The van der Waals surface area contributed by atoms with Crippen molar-refractivity contribution in [2.45, 2.75) is 40.0 Å². The zero-order valence-electron chi connectivity index (χ0n) is 9.61. The lowest BCUT2D eigenvalue weighted by Crippen LogP contribution is -2.10. The Morgan fingerprint density at radius 2 is 2.00 bits per heavy atom. The van der Waals surface area contributed by atoms with Gasteiger partial charge in [0, 0.05) is 0 Å². The lowest BCUT2D eigenvalue weighted by molar-refractivity contribution is 0.322. The van der Waals surface area contributed by atoms with Crippen LogP contribution in [0.5, 0.6) is 0 Å². The fourth-order valence-corrected chi connectivity index (χ4v) is 1.47. The zero-order valence-corrected chi connectivity index (χ0v) is 10.4. The van der Waals surface area contributed by atoms with Gasteiger partial charge in [-0.1, -0.05) is 44.9 Å². The number of benzene rings is 1. The van der Waals surface area contributed by atoms with E-state index in [9.17, 15) is 4.39 Å². The molecule has 0 unspecified atom stereocenters. The molecule has 0 atom stereocenters. The summed E-state index contributed by atoms with van der Waals surface area (Å²) >= 11 is 5.62. The Labute approximate surface area is 96.5 Å². The molecule has 0 amide bonds. The quantitative estimate of drug-likeness (QED) is 0.691. The summed E-state index contributed by atoms with van der Waals surface area (Å²) in [6.45, 7) is 6.65. The highest BCUT2D eigenvalue weighted by atomic mass is 35.5. The van der Waals surface area contributed by atoms with E-state index in [1.165, 1.54) is 6.07 Å². The van der Waals surface area contributed by atoms with Gasteiger partial charge in [0.1, 0.15) is 5.82 Å². The highest BCUT2D eigenvalue weighted by Gasteiger charge is 2.14. The summed E-state index contributed by atoms with van der Waals surface area (Å²) in [6.07, 6.45) is 3.13. The average molecular weight is 229 g/mol. The summed E-state index contributed by atoms with van der Waals surface area (Å²) in [7, 11) is 0. The summed E-state index contributed by atoms with van der Waals surface area (Å²) in [5, 5.41) is 0.202. The molecule has 0 heterocycles. The minimum absolute atomic E-state index is 0.202. The molecule has 0 nitrogen and oxygen atoms in total. The molecule has 0 fully saturated rings. The molecule has 0 aliphatic carbocycles. The molecule has 1 aromatic rings. The van der Waals surface area contributed by atoms with E-state index in [1.54, 1.807) is 6.07 Å². The van der Waals surface area contributed by atoms with Crippen LogP contribution < -0.4 is 0 Å². The van der Waals surface area contributed by atoms with Crippen molar-refractivity contribution in [3.05, 3.63) is 34.6 Å². The first-order valence-electron chi connectivity index (χ1n) is 5.38. The van der Waals surface area contributed by atoms with Crippen molar-refractivity contribution in [1.82, 2.24) is 0 Å². The van der Waals surface area contributed by atoms with Crippen LogP contribution in [0, 0.1) is 11.2 Å². The minimum Gasteiger partial charge on any atom is -0.205 e. The third-order valence-electron chi connectivity index (χ3n) is 3.03. The number of hydrogen-bond donors (Lipinski definition) is 0. The van der Waals surface area contributed by atoms with Crippen LogP contribution >= 0.6 is 11.6 Å². The van der Waals surface area contributed by atoms with Crippen LogP contribution in [0.1, 0.15) is 39.2 Å². The number of rotatable bonds is 4. The molecule has 0 N–H and O–H groups in total. The van der Waals surface area contributed by atoms with Crippen molar-refractivity contribution in [3.63, 3.8) is 0 Å². The van der Waals surface area contributed by atoms with E-state index >= 15 is 0 Å². The minimum atomic E-state index is -0.316. The first-order valence-corrected chi connectivity index (χ1v) is 5.76. The maximum atomic E-state index is 13.1. The molecule has 0 aromatic heterocycles. The first-order chi connectivity index (χ1) is 6.94. The number of aryl methyl sites for hydroxylation is 1. The van der Waals surface area contributed by atoms with Crippen LogP contribution in [0.25, 0.3) is 0 Å². The monoisotopic (exact) mass is 228 g/mol. The van der Waals surface area contributed by atoms with Gasteiger partial charge in [-0.3, -0.25) is 0 Å².